The van der Waals surface area contributed by atoms with Gasteiger partial charge in [-0.15, -0.1) is 11.5 Å². The van der Waals surface area contributed by atoms with Crippen molar-refractivity contribution in [1.29, 1.82) is 0 Å². The van der Waals surface area contributed by atoms with Crippen LogP contribution in [0.4, 0.5) is 0 Å². The molecule has 0 atom stereocenters. The molecule has 0 fully saturated rings. The van der Waals surface area contributed by atoms with Crippen molar-refractivity contribution < 1.29 is 36.9 Å². The molecule has 0 aliphatic carbocycles. The molecule has 0 saturated heterocycles. The van der Waals surface area contributed by atoms with Crippen LogP contribution in [0.2, 0.25) is 0 Å². The van der Waals surface area contributed by atoms with Crippen LogP contribution in [-0.2, 0) is 26.7 Å². The predicted octanol–water partition coefficient (Wildman–Crippen LogP) is -0.324. The summed E-state index contributed by atoms with van der Waals surface area (Å²) in [4.78, 5) is 20.0. The van der Waals surface area contributed by atoms with E-state index in [1.165, 1.54) is 27.7 Å². The van der Waals surface area contributed by atoms with Crippen LogP contribution < -0.4 is 10.2 Å². The summed E-state index contributed by atoms with van der Waals surface area (Å²) >= 11 is 0. The first-order valence-electron chi connectivity index (χ1n) is 3.97. The quantitative estimate of drug-likeness (QED) is 0.384. The topological polar surface area (TPSA) is 80.3 Å². The predicted molar refractivity (Wildman–Crippen MR) is 48.9 cm³/mol. The van der Waals surface area contributed by atoms with Crippen LogP contribution in [0.3, 0.4) is 0 Å². The van der Waals surface area contributed by atoms with Crippen LogP contribution >= 0.6 is 0 Å². The number of hydrogen-bond acceptors (Lipinski definition) is 4. The Morgan fingerprint density at radius 2 is 1.00 bits per heavy atom. The standard InChI is InChI=1S/2C5H8O2.Fe/c2*1-4(6)3-5(2)7;/h2*3,6H,1-2H3;/q;;+2/p-2/b2*4-3+;. The number of ketones is 2. The minimum atomic E-state index is -0.187. The fourth-order valence-corrected chi connectivity index (χ4v) is 0.572. The van der Waals surface area contributed by atoms with E-state index >= 15 is 0 Å². The average molecular weight is 254 g/mol. The van der Waals surface area contributed by atoms with Crippen LogP contribution in [0.5, 0.6) is 0 Å². The first-order valence-corrected chi connectivity index (χ1v) is 3.97. The number of carbonyl (C=O) groups is 2. The molecule has 0 aromatic heterocycles. The molecule has 0 saturated carbocycles. The summed E-state index contributed by atoms with van der Waals surface area (Å²) in [5.74, 6) is -0.750. The molecule has 0 aromatic rings. The van der Waals surface area contributed by atoms with Crippen molar-refractivity contribution in [1.82, 2.24) is 0 Å². The van der Waals surface area contributed by atoms with Crippen molar-refractivity contribution in [2.75, 3.05) is 0 Å². The maximum absolute atomic E-state index is 9.98. The van der Waals surface area contributed by atoms with E-state index < -0.39 is 0 Å². The normalized spacial score (nSPS) is 10.7. The third-order valence-corrected chi connectivity index (χ3v) is 0.813. The maximum Gasteiger partial charge on any atom is 2.00 e. The number of allylic oxidation sites excluding steroid dienone is 4. The Kier molecular flexibility index (Phi) is 14.3. The Hall–Kier alpha value is -1.06. The first-order chi connectivity index (χ1) is 6.25. The summed E-state index contributed by atoms with van der Waals surface area (Å²) in [6.07, 6.45) is 2.11. The summed E-state index contributed by atoms with van der Waals surface area (Å²) in [7, 11) is 0. The fraction of sp³-hybridized carbons (Fsp3) is 0.400. The molecule has 0 bridgehead atoms. The summed E-state index contributed by atoms with van der Waals surface area (Å²) in [5.41, 5.74) is 0. The van der Waals surface area contributed by atoms with Crippen molar-refractivity contribution in [2.24, 2.45) is 0 Å². The van der Waals surface area contributed by atoms with Gasteiger partial charge in [0.1, 0.15) is 0 Å². The van der Waals surface area contributed by atoms with E-state index in [2.05, 4.69) is 0 Å². The zero-order chi connectivity index (χ0) is 11.7. The zero-order valence-electron chi connectivity index (χ0n) is 9.14. The minimum absolute atomic E-state index is 0. The van der Waals surface area contributed by atoms with Crippen molar-refractivity contribution >= 4 is 11.6 Å². The van der Waals surface area contributed by atoms with Crippen molar-refractivity contribution in [3.05, 3.63) is 23.7 Å². The van der Waals surface area contributed by atoms with Gasteiger partial charge in [0.25, 0.3) is 0 Å². The van der Waals surface area contributed by atoms with Crippen LogP contribution in [0, 0.1) is 0 Å². The average Bonchev–Trinajstić information content (AvgIpc) is 1.79. The van der Waals surface area contributed by atoms with Gasteiger partial charge in [0.05, 0.1) is 0 Å². The van der Waals surface area contributed by atoms with Gasteiger partial charge < -0.3 is 10.2 Å². The molecule has 0 N–H and O–H groups in total. The Morgan fingerprint density at radius 1 is 0.800 bits per heavy atom. The minimum Gasteiger partial charge on any atom is -0.876 e. The maximum atomic E-state index is 9.98. The zero-order valence-corrected chi connectivity index (χ0v) is 10.2. The van der Waals surface area contributed by atoms with Gasteiger partial charge in [0.15, 0.2) is 11.6 Å². The van der Waals surface area contributed by atoms with Crippen molar-refractivity contribution in [2.45, 2.75) is 27.7 Å². The van der Waals surface area contributed by atoms with E-state index in [0.29, 0.717) is 0 Å². The molecule has 4 nitrogen and oxygen atoms in total. The molecular formula is C10H14FeO4. The molecule has 15 heavy (non-hydrogen) atoms. The van der Waals surface area contributed by atoms with E-state index in [1.807, 2.05) is 0 Å². The van der Waals surface area contributed by atoms with E-state index in [9.17, 15) is 19.8 Å². The van der Waals surface area contributed by atoms with Crippen LogP contribution in [-0.4, -0.2) is 11.6 Å². The van der Waals surface area contributed by atoms with Gasteiger partial charge in [-0.05, 0) is 26.0 Å². The molecule has 0 aromatic carbocycles. The van der Waals surface area contributed by atoms with Crippen LogP contribution in [0.15, 0.2) is 23.7 Å². The Bertz CT molecular complexity index is 231. The van der Waals surface area contributed by atoms with E-state index in [0.717, 1.165) is 12.2 Å². The first kappa shape index (κ1) is 19.5. The third-order valence-electron chi connectivity index (χ3n) is 0.813. The molecular weight excluding hydrogens is 240 g/mol. The summed E-state index contributed by atoms with van der Waals surface area (Å²) in [6, 6.07) is 0. The second kappa shape index (κ2) is 11.0. The Morgan fingerprint density at radius 3 is 1.00 bits per heavy atom. The molecule has 0 amide bonds. The SMILES string of the molecule is CC(=O)/C=C(\C)[O-].CC(=O)/C=C(\C)[O-].[Fe+2]. The largest absolute Gasteiger partial charge is 2.00 e. The van der Waals surface area contributed by atoms with Crippen LogP contribution in [0.25, 0.3) is 0 Å². The summed E-state index contributed by atoms with van der Waals surface area (Å²) < 4.78 is 0. The number of carbonyl (C=O) groups excluding carboxylic acids is 2. The molecule has 0 spiro atoms. The number of hydrogen-bond donors (Lipinski definition) is 0. The van der Waals surface area contributed by atoms with Crippen LogP contribution in [0.1, 0.15) is 27.7 Å². The van der Waals surface area contributed by atoms with Crippen molar-refractivity contribution in [3.63, 3.8) is 0 Å². The van der Waals surface area contributed by atoms with E-state index in [-0.39, 0.29) is 40.2 Å². The molecule has 86 valence electrons. The summed E-state index contributed by atoms with van der Waals surface area (Å²) in [5, 5.41) is 20.0. The molecule has 0 aliphatic heterocycles. The van der Waals surface area contributed by atoms with Gasteiger partial charge in [-0.25, -0.2) is 0 Å². The van der Waals surface area contributed by atoms with Gasteiger partial charge in [0, 0.05) is 0 Å². The van der Waals surface area contributed by atoms with Gasteiger partial charge >= 0.3 is 17.1 Å². The molecule has 0 aliphatic rings. The second-order valence-electron chi connectivity index (χ2n) is 2.73. The molecule has 5 heteroatoms. The summed E-state index contributed by atoms with van der Waals surface area (Å²) in [6.45, 7) is 5.39. The Balaban J connectivity index is -0.000000180. The van der Waals surface area contributed by atoms with Crippen molar-refractivity contribution in [3.8, 4) is 0 Å². The van der Waals surface area contributed by atoms with E-state index in [1.54, 1.807) is 0 Å². The monoisotopic (exact) mass is 254 g/mol. The fourth-order valence-electron chi connectivity index (χ4n) is 0.572. The van der Waals surface area contributed by atoms with Gasteiger partial charge in [-0.3, -0.25) is 9.59 Å². The van der Waals surface area contributed by atoms with E-state index in [4.69, 9.17) is 0 Å². The van der Waals surface area contributed by atoms with Gasteiger partial charge in [-0.2, -0.15) is 0 Å². The molecule has 0 radical (unpaired) electrons. The number of rotatable bonds is 2. The third kappa shape index (κ3) is 32.2. The van der Waals surface area contributed by atoms with Gasteiger partial charge in [0.2, 0.25) is 0 Å². The molecule has 0 unspecified atom stereocenters. The smallest absolute Gasteiger partial charge is 0.876 e. The second-order valence-corrected chi connectivity index (χ2v) is 2.73. The molecule has 0 heterocycles. The Labute approximate surface area is 100 Å². The van der Waals surface area contributed by atoms with Gasteiger partial charge in [-0.1, -0.05) is 13.8 Å². The molecule has 0 rings (SSSR count).